The molecule has 0 aliphatic carbocycles. The van der Waals surface area contributed by atoms with Crippen LogP contribution in [0.4, 0.5) is 5.69 Å². The van der Waals surface area contributed by atoms with Crippen LogP contribution in [0.1, 0.15) is 11.1 Å². The maximum absolute atomic E-state index is 12.7. The Labute approximate surface area is 162 Å². The Morgan fingerprint density at radius 2 is 1.70 bits per heavy atom. The predicted octanol–water partition coefficient (Wildman–Crippen LogP) is 1.37. The molecule has 0 bridgehead atoms. The Balaban J connectivity index is 1.50. The van der Waals surface area contributed by atoms with Crippen LogP contribution in [0.25, 0.3) is 0 Å². The second-order valence-electron chi connectivity index (χ2n) is 7.34. The molecule has 0 radical (unpaired) electrons. The highest BCUT2D eigenvalue weighted by molar-refractivity contribution is 5.77. The monoisotopic (exact) mass is 368 g/mol. The van der Waals surface area contributed by atoms with Crippen molar-refractivity contribution in [3.8, 4) is 5.75 Å². The van der Waals surface area contributed by atoms with Crippen LogP contribution in [0, 0.1) is 6.92 Å². The highest BCUT2D eigenvalue weighted by atomic mass is 16.5. The zero-order valence-corrected chi connectivity index (χ0v) is 16.6. The number of anilines is 1. The summed E-state index contributed by atoms with van der Waals surface area (Å²) in [4.78, 5) is 18.2. The van der Waals surface area contributed by atoms with Crippen LogP contribution in [0.2, 0.25) is 0 Å². The highest BCUT2D eigenvalue weighted by Crippen LogP contribution is 2.28. The maximum Gasteiger partial charge on any atom is 0.277 e. The maximum atomic E-state index is 12.7. The summed E-state index contributed by atoms with van der Waals surface area (Å²) in [7, 11) is 3.79. The molecule has 0 aromatic heterocycles. The number of nitrogens with zero attached hydrogens (tertiary/aromatic N) is 2. The molecule has 1 heterocycles. The molecule has 144 valence electrons. The third kappa shape index (κ3) is 5.01. The van der Waals surface area contributed by atoms with Crippen LogP contribution in [-0.4, -0.2) is 57.7 Å². The number of carbonyl (C=O) groups excluding carboxylic acids is 1. The van der Waals surface area contributed by atoms with Crippen LogP contribution in [0.15, 0.2) is 48.5 Å². The summed E-state index contributed by atoms with van der Waals surface area (Å²) in [6.07, 6.45) is 0. The summed E-state index contributed by atoms with van der Waals surface area (Å²) >= 11 is 0. The summed E-state index contributed by atoms with van der Waals surface area (Å²) in [5, 5.41) is 0. The molecular weight excluding hydrogens is 338 g/mol. The molecule has 1 fully saturated rings. The van der Waals surface area contributed by atoms with Crippen molar-refractivity contribution in [3.63, 3.8) is 0 Å². The van der Waals surface area contributed by atoms with Crippen LogP contribution in [-0.2, 0) is 11.3 Å². The number of para-hydroxylation sites is 2. The van der Waals surface area contributed by atoms with Gasteiger partial charge in [0.15, 0.2) is 6.54 Å². The van der Waals surface area contributed by atoms with Crippen LogP contribution >= 0.6 is 0 Å². The quantitative estimate of drug-likeness (QED) is 0.837. The average Bonchev–Trinajstić information content (AvgIpc) is 2.69. The Kier molecular flexibility index (Phi) is 6.35. The lowest BCUT2D eigenvalue weighted by atomic mass is 10.1. The number of nitrogens with one attached hydrogen (secondary N) is 1. The zero-order valence-electron chi connectivity index (χ0n) is 16.6. The lowest BCUT2D eigenvalue weighted by Gasteiger charge is -2.36. The number of rotatable bonds is 6. The largest absolute Gasteiger partial charge is 0.495 e. The number of quaternary nitrogens is 1. The smallest absolute Gasteiger partial charge is 0.277 e. The number of amides is 1. The minimum atomic E-state index is 0.235. The third-order valence-corrected chi connectivity index (χ3v) is 5.14. The van der Waals surface area contributed by atoms with Crippen molar-refractivity contribution in [2.24, 2.45) is 0 Å². The predicted molar refractivity (Wildman–Crippen MR) is 108 cm³/mol. The van der Waals surface area contributed by atoms with E-state index in [4.69, 9.17) is 4.74 Å². The molecule has 3 rings (SSSR count). The van der Waals surface area contributed by atoms with Crippen molar-refractivity contribution >= 4 is 11.6 Å². The van der Waals surface area contributed by atoms with E-state index in [-0.39, 0.29) is 5.91 Å². The number of ether oxygens (including phenoxy) is 1. The van der Waals surface area contributed by atoms with E-state index in [0.717, 1.165) is 44.2 Å². The molecular formula is C22H30N3O2+. The van der Waals surface area contributed by atoms with Crippen molar-refractivity contribution in [1.29, 1.82) is 0 Å². The number of methoxy groups -OCH3 is 1. The fraction of sp³-hybridized carbons (Fsp3) is 0.409. The fourth-order valence-electron chi connectivity index (χ4n) is 3.57. The van der Waals surface area contributed by atoms with Crippen molar-refractivity contribution in [2.75, 3.05) is 51.8 Å². The lowest BCUT2D eigenvalue weighted by molar-refractivity contribution is -0.885. The molecule has 27 heavy (non-hydrogen) atoms. The van der Waals surface area contributed by atoms with Gasteiger partial charge in [0.25, 0.3) is 5.91 Å². The average molecular weight is 369 g/mol. The summed E-state index contributed by atoms with van der Waals surface area (Å²) in [6, 6.07) is 16.6. The standard InChI is InChI=1S/C22H29N3O2/c1-18-8-10-19(11-9-18)16-23(2)17-22(26)25-14-12-24(13-15-25)20-6-4-5-7-21(20)27-3/h4-11H,12-17H2,1-3H3/p+1. The van der Waals surface area contributed by atoms with Gasteiger partial charge in [0.1, 0.15) is 12.3 Å². The molecule has 1 saturated heterocycles. The highest BCUT2D eigenvalue weighted by Gasteiger charge is 2.24. The summed E-state index contributed by atoms with van der Waals surface area (Å²) in [5.41, 5.74) is 3.64. The molecule has 0 spiro atoms. The molecule has 1 aliphatic heterocycles. The van der Waals surface area contributed by atoms with E-state index >= 15 is 0 Å². The normalized spacial score (nSPS) is 15.5. The van der Waals surface area contributed by atoms with Crippen molar-refractivity contribution in [2.45, 2.75) is 13.5 Å². The van der Waals surface area contributed by atoms with Gasteiger partial charge in [-0.25, -0.2) is 0 Å². The van der Waals surface area contributed by atoms with E-state index in [1.807, 2.05) is 23.1 Å². The van der Waals surface area contributed by atoms with Crippen molar-refractivity contribution in [3.05, 3.63) is 59.7 Å². The van der Waals surface area contributed by atoms with E-state index < -0.39 is 0 Å². The Morgan fingerprint density at radius 3 is 2.37 bits per heavy atom. The molecule has 5 heteroatoms. The van der Waals surface area contributed by atoms with Gasteiger partial charge in [-0.1, -0.05) is 42.0 Å². The molecule has 5 nitrogen and oxygen atoms in total. The van der Waals surface area contributed by atoms with Gasteiger partial charge < -0.3 is 19.4 Å². The number of aryl methyl sites for hydroxylation is 1. The molecule has 1 atom stereocenters. The van der Waals surface area contributed by atoms with Gasteiger partial charge in [0.2, 0.25) is 0 Å². The van der Waals surface area contributed by atoms with Gasteiger partial charge in [-0.3, -0.25) is 4.79 Å². The van der Waals surface area contributed by atoms with Crippen molar-refractivity contribution < 1.29 is 14.4 Å². The first-order valence-corrected chi connectivity index (χ1v) is 9.59. The number of piperazine rings is 1. The van der Waals surface area contributed by atoms with Gasteiger partial charge in [-0.05, 0) is 19.1 Å². The number of hydrogen-bond acceptors (Lipinski definition) is 3. The van der Waals surface area contributed by atoms with E-state index in [0.29, 0.717) is 6.54 Å². The molecule has 0 saturated carbocycles. The summed E-state index contributed by atoms with van der Waals surface area (Å²) in [5.74, 6) is 1.12. The van der Waals surface area contributed by atoms with Gasteiger partial charge in [-0.15, -0.1) is 0 Å². The first-order chi connectivity index (χ1) is 13.1. The van der Waals surface area contributed by atoms with Crippen molar-refractivity contribution in [1.82, 2.24) is 4.90 Å². The SMILES string of the molecule is COc1ccccc1N1CCN(C(=O)C[NH+](C)Cc2ccc(C)cc2)CC1. The molecule has 1 unspecified atom stereocenters. The van der Waals surface area contributed by atoms with E-state index in [1.165, 1.54) is 16.0 Å². The molecule has 2 aromatic rings. The van der Waals surface area contributed by atoms with Crippen LogP contribution in [0.3, 0.4) is 0 Å². The van der Waals surface area contributed by atoms with Gasteiger partial charge in [0.05, 0.1) is 19.8 Å². The topological polar surface area (TPSA) is 37.2 Å². The lowest BCUT2D eigenvalue weighted by Crippen LogP contribution is -3.09. The van der Waals surface area contributed by atoms with E-state index in [1.54, 1.807) is 7.11 Å². The van der Waals surface area contributed by atoms with Gasteiger partial charge >= 0.3 is 0 Å². The van der Waals surface area contributed by atoms with Gasteiger partial charge in [0, 0.05) is 31.7 Å². The zero-order chi connectivity index (χ0) is 19.2. The Bertz CT molecular complexity index is 752. The second kappa shape index (κ2) is 8.91. The van der Waals surface area contributed by atoms with Gasteiger partial charge in [-0.2, -0.15) is 0 Å². The third-order valence-electron chi connectivity index (χ3n) is 5.14. The van der Waals surface area contributed by atoms with Crippen LogP contribution in [0.5, 0.6) is 5.75 Å². The Morgan fingerprint density at radius 1 is 1.04 bits per heavy atom. The molecule has 1 amide bonds. The summed E-state index contributed by atoms with van der Waals surface area (Å²) < 4.78 is 5.46. The molecule has 2 aromatic carbocycles. The van der Waals surface area contributed by atoms with E-state index in [2.05, 4.69) is 49.2 Å². The first-order valence-electron chi connectivity index (χ1n) is 9.59. The number of hydrogen-bond donors (Lipinski definition) is 1. The fourth-order valence-corrected chi connectivity index (χ4v) is 3.57. The molecule has 1 aliphatic rings. The summed E-state index contributed by atoms with van der Waals surface area (Å²) in [6.45, 7) is 6.68. The second-order valence-corrected chi connectivity index (χ2v) is 7.34. The first kappa shape index (κ1) is 19.2. The minimum Gasteiger partial charge on any atom is -0.495 e. The molecule has 1 N–H and O–H groups in total. The Hall–Kier alpha value is -2.53. The number of carbonyl (C=O) groups is 1. The number of likely N-dealkylation sites (N-methyl/N-ethyl adjacent to an activating group) is 1. The number of benzene rings is 2. The van der Waals surface area contributed by atoms with Crippen LogP contribution < -0.4 is 14.5 Å². The minimum absolute atomic E-state index is 0.235. The van der Waals surface area contributed by atoms with E-state index in [9.17, 15) is 4.79 Å².